The average Bonchev–Trinajstić information content (AvgIpc) is 2.35. The summed E-state index contributed by atoms with van der Waals surface area (Å²) in [5, 5.41) is 20.0. The van der Waals surface area contributed by atoms with E-state index in [-0.39, 0.29) is 12.6 Å². The summed E-state index contributed by atoms with van der Waals surface area (Å²) >= 11 is 0. The zero-order valence-corrected chi connectivity index (χ0v) is 10.9. The van der Waals surface area contributed by atoms with Gasteiger partial charge in [-0.2, -0.15) is 0 Å². The maximum Gasteiger partial charge on any atom is 0.334 e. The van der Waals surface area contributed by atoms with Gasteiger partial charge >= 0.3 is 12.0 Å². The Morgan fingerprint density at radius 3 is 2.33 bits per heavy atom. The third-order valence-corrected chi connectivity index (χ3v) is 3.50. The van der Waals surface area contributed by atoms with E-state index in [1.807, 2.05) is 0 Å². The molecule has 1 saturated heterocycles. The highest BCUT2D eigenvalue weighted by Gasteiger charge is 2.25. The normalized spacial score (nSPS) is 18.8. The minimum absolute atomic E-state index is 0.252. The van der Waals surface area contributed by atoms with Gasteiger partial charge in [-0.25, -0.2) is 9.59 Å². The van der Waals surface area contributed by atoms with Crippen molar-refractivity contribution in [3.05, 3.63) is 0 Å². The Kier molecular flexibility index (Phi) is 5.40. The summed E-state index contributed by atoms with van der Waals surface area (Å²) in [6.07, 6.45) is 0.418. The second-order valence-electron chi connectivity index (χ2n) is 5.11. The smallest absolute Gasteiger partial charge is 0.334 e. The van der Waals surface area contributed by atoms with Gasteiger partial charge in [0.1, 0.15) is 0 Å². The first-order valence-corrected chi connectivity index (χ1v) is 6.35. The number of piperidine rings is 1. The third kappa shape index (κ3) is 4.18. The maximum absolute atomic E-state index is 11.7. The third-order valence-electron chi connectivity index (χ3n) is 3.50. The molecule has 0 spiro atoms. The fourth-order valence-electron chi connectivity index (χ4n) is 2.15. The summed E-state index contributed by atoms with van der Waals surface area (Å²) < 4.78 is 0. The van der Waals surface area contributed by atoms with E-state index >= 15 is 0 Å². The van der Waals surface area contributed by atoms with Crippen LogP contribution in [-0.4, -0.2) is 52.9 Å². The molecule has 104 valence electrons. The zero-order chi connectivity index (χ0) is 13.7. The van der Waals surface area contributed by atoms with Crippen molar-refractivity contribution in [2.45, 2.75) is 32.8 Å². The molecule has 0 radical (unpaired) electrons. The number of aliphatic carboxylic acids is 1. The number of carboxylic acids is 1. The van der Waals surface area contributed by atoms with Crippen LogP contribution >= 0.6 is 0 Å². The van der Waals surface area contributed by atoms with Crippen molar-refractivity contribution in [2.24, 2.45) is 11.8 Å². The molecule has 1 aliphatic rings. The number of nitrogens with zero attached hydrogens (tertiary/aromatic N) is 1. The molecule has 0 bridgehead atoms. The number of carbonyl (C=O) groups excluding carboxylic acids is 1. The first-order chi connectivity index (χ1) is 8.41. The van der Waals surface area contributed by atoms with Gasteiger partial charge in [0.25, 0.3) is 0 Å². The number of hydrogen-bond acceptors (Lipinski definition) is 3. The van der Waals surface area contributed by atoms with Crippen LogP contribution in [0.5, 0.6) is 0 Å². The minimum atomic E-state index is -1.54. The number of amides is 2. The Bertz CT molecular complexity index is 298. The first-order valence-electron chi connectivity index (χ1n) is 6.35. The lowest BCUT2D eigenvalue weighted by Crippen LogP contribution is -2.47. The molecule has 1 fully saturated rings. The fourth-order valence-corrected chi connectivity index (χ4v) is 2.15. The summed E-state index contributed by atoms with van der Waals surface area (Å²) in [6, 6.07) is -0.294. The molecule has 1 rings (SSSR count). The second kappa shape index (κ2) is 6.58. The number of carboxylic acid groups (broad SMARTS) is 1. The Labute approximate surface area is 107 Å². The van der Waals surface area contributed by atoms with Crippen molar-refractivity contribution in [1.82, 2.24) is 10.2 Å². The van der Waals surface area contributed by atoms with Gasteiger partial charge in [-0.3, -0.25) is 0 Å². The molecule has 0 aromatic rings. The monoisotopic (exact) mass is 258 g/mol. The predicted octanol–water partition coefficient (Wildman–Crippen LogP) is 0.509. The molecule has 18 heavy (non-hydrogen) atoms. The standard InChI is InChI=1S/C12H22N2O4/c1-8(2)9-3-5-14(6-4-9)12(18)13-7-10(15)11(16)17/h8-10,15H,3-7H2,1-2H3,(H,13,18)(H,16,17). The van der Waals surface area contributed by atoms with Crippen molar-refractivity contribution < 1.29 is 19.8 Å². The van der Waals surface area contributed by atoms with E-state index < -0.39 is 12.1 Å². The molecule has 6 nitrogen and oxygen atoms in total. The van der Waals surface area contributed by atoms with Crippen molar-refractivity contribution in [2.75, 3.05) is 19.6 Å². The quantitative estimate of drug-likeness (QED) is 0.685. The fraction of sp³-hybridized carbons (Fsp3) is 0.833. The van der Waals surface area contributed by atoms with Crippen LogP contribution in [0, 0.1) is 11.8 Å². The highest BCUT2D eigenvalue weighted by atomic mass is 16.4. The van der Waals surface area contributed by atoms with E-state index in [0.717, 1.165) is 12.8 Å². The highest BCUT2D eigenvalue weighted by molar-refractivity contribution is 5.76. The van der Waals surface area contributed by atoms with E-state index in [1.54, 1.807) is 4.90 Å². The summed E-state index contributed by atoms with van der Waals surface area (Å²) in [7, 11) is 0. The molecular weight excluding hydrogens is 236 g/mol. The molecule has 0 aromatic heterocycles. The topological polar surface area (TPSA) is 89.9 Å². The van der Waals surface area contributed by atoms with Crippen molar-refractivity contribution >= 4 is 12.0 Å². The number of aliphatic hydroxyl groups is 1. The van der Waals surface area contributed by atoms with Crippen LogP contribution < -0.4 is 5.32 Å². The Hall–Kier alpha value is -1.30. The Balaban J connectivity index is 2.30. The molecule has 3 N–H and O–H groups in total. The second-order valence-corrected chi connectivity index (χ2v) is 5.11. The van der Waals surface area contributed by atoms with E-state index in [9.17, 15) is 9.59 Å². The molecule has 2 amide bonds. The van der Waals surface area contributed by atoms with E-state index in [0.29, 0.717) is 24.9 Å². The Morgan fingerprint density at radius 1 is 1.33 bits per heavy atom. The van der Waals surface area contributed by atoms with Gasteiger partial charge in [-0.1, -0.05) is 13.8 Å². The van der Waals surface area contributed by atoms with Gasteiger partial charge in [0, 0.05) is 13.1 Å². The largest absolute Gasteiger partial charge is 0.479 e. The van der Waals surface area contributed by atoms with Gasteiger partial charge in [0.05, 0.1) is 6.54 Å². The lowest BCUT2D eigenvalue weighted by atomic mass is 9.87. The molecular formula is C12H22N2O4. The van der Waals surface area contributed by atoms with Gasteiger partial charge in [-0.05, 0) is 24.7 Å². The van der Waals surface area contributed by atoms with Crippen molar-refractivity contribution in [3.63, 3.8) is 0 Å². The van der Waals surface area contributed by atoms with E-state index in [4.69, 9.17) is 10.2 Å². The Morgan fingerprint density at radius 2 is 1.89 bits per heavy atom. The number of carbonyl (C=O) groups is 2. The van der Waals surface area contributed by atoms with Gasteiger partial charge in [0.15, 0.2) is 6.10 Å². The number of likely N-dealkylation sites (tertiary alicyclic amines) is 1. The molecule has 1 heterocycles. The lowest BCUT2D eigenvalue weighted by Gasteiger charge is -2.33. The SMILES string of the molecule is CC(C)C1CCN(C(=O)NCC(O)C(=O)O)CC1. The molecule has 1 unspecified atom stereocenters. The van der Waals surface area contributed by atoms with Crippen LogP contribution in [0.2, 0.25) is 0 Å². The lowest BCUT2D eigenvalue weighted by molar-refractivity contribution is -0.146. The van der Waals surface area contributed by atoms with E-state index in [2.05, 4.69) is 19.2 Å². The molecule has 6 heteroatoms. The molecule has 0 saturated carbocycles. The molecule has 0 aromatic carbocycles. The van der Waals surface area contributed by atoms with Gasteiger partial charge in [-0.15, -0.1) is 0 Å². The summed E-state index contributed by atoms with van der Waals surface area (Å²) in [4.78, 5) is 23.8. The number of aliphatic hydroxyl groups excluding tert-OH is 1. The van der Waals surface area contributed by atoms with Crippen molar-refractivity contribution in [3.8, 4) is 0 Å². The zero-order valence-electron chi connectivity index (χ0n) is 10.9. The molecule has 1 aliphatic heterocycles. The van der Waals surface area contributed by atoms with Crippen LogP contribution in [-0.2, 0) is 4.79 Å². The number of urea groups is 1. The number of hydrogen-bond donors (Lipinski definition) is 3. The average molecular weight is 258 g/mol. The molecule has 1 atom stereocenters. The summed E-state index contributed by atoms with van der Waals surface area (Å²) in [5.74, 6) is -0.0449. The predicted molar refractivity (Wildman–Crippen MR) is 66.2 cm³/mol. The summed E-state index contributed by atoms with van der Waals surface area (Å²) in [6.45, 7) is 5.50. The first kappa shape index (κ1) is 14.8. The highest BCUT2D eigenvalue weighted by Crippen LogP contribution is 2.24. The van der Waals surface area contributed by atoms with Gasteiger partial charge in [0.2, 0.25) is 0 Å². The number of rotatable bonds is 4. The van der Waals surface area contributed by atoms with Crippen LogP contribution in [0.15, 0.2) is 0 Å². The van der Waals surface area contributed by atoms with Crippen LogP contribution in [0.1, 0.15) is 26.7 Å². The summed E-state index contributed by atoms with van der Waals surface area (Å²) in [5.41, 5.74) is 0. The number of nitrogens with one attached hydrogen (secondary N) is 1. The van der Waals surface area contributed by atoms with Crippen LogP contribution in [0.3, 0.4) is 0 Å². The maximum atomic E-state index is 11.7. The van der Waals surface area contributed by atoms with E-state index in [1.165, 1.54) is 0 Å². The van der Waals surface area contributed by atoms with Gasteiger partial charge < -0.3 is 20.4 Å². The molecule has 0 aliphatic carbocycles. The van der Waals surface area contributed by atoms with Crippen LogP contribution in [0.25, 0.3) is 0 Å². The minimum Gasteiger partial charge on any atom is -0.479 e. The van der Waals surface area contributed by atoms with Crippen LogP contribution in [0.4, 0.5) is 4.79 Å². The van der Waals surface area contributed by atoms with Crippen molar-refractivity contribution in [1.29, 1.82) is 0 Å².